The van der Waals surface area contributed by atoms with Crippen LogP contribution < -0.4 is 4.90 Å². The zero-order chi connectivity index (χ0) is 18.7. The highest BCUT2D eigenvalue weighted by atomic mass is 19.4. The fourth-order valence-electron chi connectivity index (χ4n) is 2.97. The van der Waals surface area contributed by atoms with Gasteiger partial charge in [-0.05, 0) is 36.2 Å². The van der Waals surface area contributed by atoms with Crippen molar-refractivity contribution in [3.8, 4) is 0 Å². The highest BCUT2D eigenvalue weighted by molar-refractivity contribution is 5.94. The van der Waals surface area contributed by atoms with Crippen LogP contribution in [0.1, 0.15) is 28.4 Å². The van der Waals surface area contributed by atoms with Crippen molar-refractivity contribution in [1.29, 1.82) is 0 Å². The standard InChI is InChI=1S/C19H20F3N3O/c1-2-14-3-5-15(6-4-14)18(26)25-11-9-24(10-12-25)17-13-16(7-8-23-17)19(20,21)22/h3-8,13H,2,9-12H2,1H3. The maximum Gasteiger partial charge on any atom is 0.416 e. The average Bonchev–Trinajstić information content (AvgIpc) is 2.67. The van der Waals surface area contributed by atoms with Crippen LogP contribution in [0, 0.1) is 0 Å². The van der Waals surface area contributed by atoms with Gasteiger partial charge >= 0.3 is 6.18 Å². The number of anilines is 1. The fourth-order valence-corrected chi connectivity index (χ4v) is 2.97. The Balaban J connectivity index is 1.64. The molecule has 0 unspecified atom stereocenters. The molecule has 1 fully saturated rings. The van der Waals surface area contributed by atoms with E-state index in [4.69, 9.17) is 0 Å². The Labute approximate surface area is 150 Å². The lowest BCUT2D eigenvalue weighted by Crippen LogP contribution is -2.49. The van der Waals surface area contributed by atoms with Gasteiger partial charge in [-0.1, -0.05) is 19.1 Å². The van der Waals surface area contributed by atoms with Crippen molar-refractivity contribution in [3.63, 3.8) is 0 Å². The third-order valence-corrected chi connectivity index (χ3v) is 4.57. The van der Waals surface area contributed by atoms with E-state index in [0.29, 0.717) is 37.6 Å². The van der Waals surface area contributed by atoms with Gasteiger partial charge in [0.05, 0.1) is 5.56 Å². The number of piperazine rings is 1. The lowest BCUT2D eigenvalue weighted by Gasteiger charge is -2.35. The molecule has 7 heteroatoms. The van der Waals surface area contributed by atoms with E-state index in [0.717, 1.165) is 18.6 Å². The van der Waals surface area contributed by atoms with Crippen LogP contribution in [0.5, 0.6) is 0 Å². The number of hydrogen-bond acceptors (Lipinski definition) is 3. The number of rotatable bonds is 3. The van der Waals surface area contributed by atoms with Crippen LogP contribution in [-0.2, 0) is 12.6 Å². The van der Waals surface area contributed by atoms with E-state index in [1.807, 2.05) is 24.3 Å². The first-order valence-electron chi connectivity index (χ1n) is 8.55. The summed E-state index contributed by atoms with van der Waals surface area (Å²) in [4.78, 5) is 20.1. The quantitative estimate of drug-likeness (QED) is 0.836. The molecule has 0 bridgehead atoms. The van der Waals surface area contributed by atoms with Crippen molar-refractivity contribution in [2.45, 2.75) is 19.5 Å². The van der Waals surface area contributed by atoms with Crippen molar-refractivity contribution in [2.75, 3.05) is 31.1 Å². The lowest BCUT2D eigenvalue weighted by atomic mass is 10.1. The zero-order valence-corrected chi connectivity index (χ0v) is 14.5. The number of pyridine rings is 1. The van der Waals surface area contributed by atoms with Crippen LogP contribution in [0.15, 0.2) is 42.6 Å². The molecule has 2 heterocycles. The molecule has 2 aromatic rings. The Hall–Kier alpha value is -2.57. The Kier molecular flexibility index (Phi) is 5.15. The summed E-state index contributed by atoms with van der Waals surface area (Å²) in [5.41, 5.74) is 1.09. The minimum absolute atomic E-state index is 0.0516. The molecule has 1 saturated heterocycles. The van der Waals surface area contributed by atoms with Crippen LogP contribution in [0.4, 0.5) is 19.0 Å². The number of hydrogen-bond donors (Lipinski definition) is 0. The van der Waals surface area contributed by atoms with E-state index >= 15 is 0 Å². The molecule has 1 aliphatic heterocycles. The topological polar surface area (TPSA) is 36.4 Å². The second-order valence-electron chi connectivity index (χ2n) is 6.23. The number of carbonyl (C=O) groups is 1. The van der Waals surface area contributed by atoms with E-state index in [1.165, 1.54) is 11.8 Å². The molecule has 1 aromatic carbocycles. The normalized spacial score (nSPS) is 15.2. The summed E-state index contributed by atoms with van der Waals surface area (Å²) in [5.74, 6) is 0.239. The molecule has 1 aromatic heterocycles. The SMILES string of the molecule is CCc1ccc(C(=O)N2CCN(c3cc(C(F)(F)F)ccn3)CC2)cc1. The predicted octanol–water partition coefficient (Wildman–Crippen LogP) is 3.63. The molecule has 0 aliphatic carbocycles. The molecule has 0 spiro atoms. The number of benzene rings is 1. The molecule has 0 N–H and O–H groups in total. The molecule has 138 valence electrons. The molecule has 3 rings (SSSR count). The third-order valence-electron chi connectivity index (χ3n) is 4.57. The van der Waals surface area contributed by atoms with Crippen molar-refractivity contribution < 1.29 is 18.0 Å². The van der Waals surface area contributed by atoms with Crippen LogP contribution in [-0.4, -0.2) is 42.0 Å². The van der Waals surface area contributed by atoms with Gasteiger partial charge in [0.2, 0.25) is 0 Å². The van der Waals surface area contributed by atoms with E-state index in [-0.39, 0.29) is 5.91 Å². The van der Waals surface area contributed by atoms with E-state index < -0.39 is 11.7 Å². The molecule has 0 saturated carbocycles. The van der Waals surface area contributed by atoms with Gasteiger partial charge in [-0.15, -0.1) is 0 Å². The number of carbonyl (C=O) groups excluding carboxylic acids is 1. The van der Waals surface area contributed by atoms with E-state index in [2.05, 4.69) is 11.9 Å². The van der Waals surface area contributed by atoms with E-state index in [1.54, 1.807) is 9.80 Å². The van der Waals surface area contributed by atoms with Gasteiger partial charge in [-0.25, -0.2) is 4.98 Å². The number of aromatic nitrogens is 1. The summed E-state index contributed by atoms with van der Waals surface area (Å²) in [5, 5.41) is 0. The first-order valence-corrected chi connectivity index (χ1v) is 8.55. The zero-order valence-electron chi connectivity index (χ0n) is 14.5. The lowest BCUT2D eigenvalue weighted by molar-refractivity contribution is -0.137. The molecule has 4 nitrogen and oxygen atoms in total. The van der Waals surface area contributed by atoms with Crippen LogP contribution >= 0.6 is 0 Å². The summed E-state index contributed by atoms with van der Waals surface area (Å²) >= 11 is 0. The smallest absolute Gasteiger partial charge is 0.353 e. The molecule has 26 heavy (non-hydrogen) atoms. The third kappa shape index (κ3) is 3.98. The van der Waals surface area contributed by atoms with Gasteiger partial charge in [-0.3, -0.25) is 4.79 Å². The number of nitrogens with zero attached hydrogens (tertiary/aromatic N) is 3. The van der Waals surface area contributed by atoms with Gasteiger partial charge in [0, 0.05) is 37.9 Å². The van der Waals surface area contributed by atoms with Gasteiger partial charge in [0.25, 0.3) is 5.91 Å². The second-order valence-corrected chi connectivity index (χ2v) is 6.23. The van der Waals surface area contributed by atoms with Crippen LogP contribution in [0.2, 0.25) is 0 Å². The van der Waals surface area contributed by atoms with Crippen LogP contribution in [0.3, 0.4) is 0 Å². The van der Waals surface area contributed by atoms with Gasteiger partial charge < -0.3 is 9.80 Å². The molecular weight excluding hydrogens is 343 g/mol. The monoisotopic (exact) mass is 363 g/mol. The highest BCUT2D eigenvalue weighted by Gasteiger charge is 2.31. The summed E-state index contributed by atoms with van der Waals surface area (Å²) in [7, 11) is 0. The summed E-state index contributed by atoms with van der Waals surface area (Å²) in [6, 6.07) is 9.54. The van der Waals surface area contributed by atoms with Crippen molar-refractivity contribution in [3.05, 3.63) is 59.3 Å². The largest absolute Gasteiger partial charge is 0.416 e. The van der Waals surface area contributed by atoms with Crippen molar-refractivity contribution in [2.24, 2.45) is 0 Å². The maximum atomic E-state index is 12.8. The summed E-state index contributed by atoms with van der Waals surface area (Å²) in [6.07, 6.45) is -2.30. The maximum absolute atomic E-state index is 12.8. The van der Waals surface area contributed by atoms with Crippen LogP contribution in [0.25, 0.3) is 0 Å². The minimum atomic E-state index is -4.39. The minimum Gasteiger partial charge on any atom is -0.353 e. The molecule has 0 radical (unpaired) electrons. The number of amides is 1. The summed E-state index contributed by atoms with van der Waals surface area (Å²) in [6.45, 7) is 3.86. The number of alkyl halides is 3. The predicted molar refractivity (Wildman–Crippen MR) is 93.2 cm³/mol. The van der Waals surface area contributed by atoms with Crippen molar-refractivity contribution >= 4 is 11.7 Å². The molecular formula is C19H20F3N3O. The highest BCUT2D eigenvalue weighted by Crippen LogP contribution is 2.30. The average molecular weight is 363 g/mol. The Morgan fingerprint density at radius 2 is 1.73 bits per heavy atom. The molecule has 0 atom stereocenters. The fraction of sp³-hybridized carbons (Fsp3) is 0.368. The first kappa shape index (κ1) is 18.2. The molecule has 1 aliphatic rings. The van der Waals surface area contributed by atoms with E-state index in [9.17, 15) is 18.0 Å². The van der Waals surface area contributed by atoms with Gasteiger partial charge in [-0.2, -0.15) is 13.2 Å². The van der Waals surface area contributed by atoms with Crippen molar-refractivity contribution in [1.82, 2.24) is 9.88 Å². The number of halogens is 3. The van der Waals surface area contributed by atoms with Gasteiger partial charge in [0.1, 0.15) is 5.82 Å². The Morgan fingerprint density at radius 1 is 1.08 bits per heavy atom. The Morgan fingerprint density at radius 3 is 2.31 bits per heavy atom. The van der Waals surface area contributed by atoms with Gasteiger partial charge in [0.15, 0.2) is 0 Å². The molecule has 1 amide bonds. The first-order chi connectivity index (χ1) is 12.4. The Bertz CT molecular complexity index is 766. The summed E-state index contributed by atoms with van der Waals surface area (Å²) < 4.78 is 38.5. The second kappa shape index (κ2) is 7.35. The number of aryl methyl sites for hydroxylation is 1.